The zero-order valence-electron chi connectivity index (χ0n) is 13.0. The van der Waals surface area contributed by atoms with Gasteiger partial charge in [0.05, 0.1) is 0 Å². The van der Waals surface area contributed by atoms with E-state index < -0.39 is 11.7 Å². The molecule has 25 heavy (non-hydrogen) atoms. The second-order valence-electron chi connectivity index (χ2n) is 5.16. The van der Waals surface area contributed by atoms with Crippen molar-refractivity contribution >= 4 is 23.4 Å². The first-order chi connectivity index (χ1) is 12.0. The molecule has 0 fully saturated rings. The third-order valence-corrected chi connectivity index (χ3v) is 3.76. The van der Waals surface area contributed by atoms with Crippen LogP contribution >= 0.6 is 11.6 Å². The molecule has 0 N–H and O–H groups in total. The molecule has 0 atom stereocenters. The van der Waals surface area contributed by atoms with Gasteiger partial charge in [0.15, 0.2) is 0 Å². The molecule has 0 saturated carbocycles. The quantitative estimate of drug-likeness (QED) is 0.703. The largest absolute Gasteiger partial charge is 0.419 e. The SMILES string of the molecule is CN(C(=O)c1ccc(F)cc1)c1oc(-c2ccc(Cl)cc2)nc1C#N. The number of carbonyl (C=O) groups excluding carboxylic acids is 1. The molecule has 124 valence electrons. The van der Waals surface area contributed by atoms with E-state index in [4.69, 9.17) is 16.0 Å². The molecular weight excluding hydrogens is 345 g/mol. The van der Waals surface area contributed by atoms with E-state index in [-0.39, 0.29) is 23.0 Å². The van der Waals surface area contributed by atoms with Crippen molar-refractivity contribution in [3.63, 3.8) is 0 Å². The van der Waals surface area contributed by atoms with Crippen LogP contribution in [0.1, 0.15) is 16.1 Å². The minimum absolute atomic E-state index is 0.0155. The fourth-order valence-electron chi connectivity index (χ4n) is 2.21. The Morgan fingerprint density at radius 3 is 2.44 bits per heavy atom. The summed E-state index contributed by atoms with van der Waals surface area (Å²) in [6.07, 6.45) is 0. The smallest absolute Gasteiger partial charge is 0.260 e. The van der Waals surface area contributed by atoms with Crippen molar-refractivity contribution in [3.05, 3.63) is 70.6 Å². The summed E-state index contributed by atoms with van der Waals surface area (Å²) in [6, 6.07) is 13.7. The van der Waals surface area contributed by atoms with Crippen molar-refractivity contribution in [2.24, 2.45) is 0 Å². The van der Waals surface area contributed by atoms with Gasteiger partial charge in [-0.3, -0.25) is 9.69 Å². The Morgan fingerprint density at radius 2 is 1.84 bits per heavy atom. The Balaban J connectivity index is 1.96. The lowest BCUT2D eigenvalue weighted by Gasteiger charge is -2.13. The van der Waals surface area contributed by atoms with Crippen LogP contribution in [-0.4, -0.2) is 17.9 Å². The van der Waals surface area contributed by atoms with E-state index in [0.29, 0.717) is 10.6 Å². The van der Waals surface area contributed by atoms with Gasteiger partial charge in [-0.15, -0.1) is 0 Å². The maximum atomic E-state index is 13.0. The first kappa shape index (κ1) is 16.7. The Hall–Kier alpha value is -3.17. The monoisotopic (exact) mass is 355 g/mol. The van der Waals surface area contributed by atoms with Crippen LogP contribution in [0.15, 0.2) is 52.9 Å². The highest BCUT2D eigenvalue weighted by molar-refractivity contribution is 6.30. The number of aromatic nitrogens is 1. The number of benzene rings is 2. The van der Waals surface area contributed by atoms with Gasteiger partial charge >= 0.3 is 0 Å². The number of nitriles is 1. The number of nitrogens with zero attached hydrogens (tertiary/aromatic N) is 3. The molecule has 1 aromatic heterocycles. The Labute approximate surface area is 147 Å². The second-order valence-corrected chi connectivity index (χ2v) is 5.60. The molecule has 0 spiro atoms. The summed E-state index contributed by atoms with van der Waals surface area (Å²) in [7, 11) is 1.46. The van der Waals surface area contributed by atoms with E-state index in [1.807, 2.05) is 6.07 Å². The molecule has 2 aromatic carbocycles. The molecule has 3 aromatic rings. The number of hydrogen-bond donors (Lipinski definition) is 0. The summed E-state index contributed by atoms with van der Waals surface area (Å²) >= 11 is 5.85. The molecular formula is C18H11ClFN3O2. The number of anilines is 1. The van der Waals surface area contributed by atoms with E-state index in [9.17, 15) is 14.4 Å². The molecule has 1 amide bonds. The summed E-state index contributed by atoms with van der Waals surface area (Å²) in [6.45, 7) is 0. The molecule has 3 rings (SSSR count). The zero-order chi connectivity index (χ0) is 18.0. The summed E-state index contributed by atoms with van der Waals surface area (Å²) in [5, 5.41) is 9.83. The summed E-state index contributed by atoms with van der Waals surface area (Å²) in [5.41, 5.74) is 0.856. The number of rotatable bonds is 3. The van der Waals surface area contributed by atoms with Gasteiger partial charge in [0.2, 0.25) is 17.5 Å². The van der Waals surface area contributed by atoms with Gasteiger partial charge in [-0.1, -0.05) is 11.6 Å². The molecule has 0 radical (unpaired) electrons. The maximum absolute atomic E-state index is 13.0. The third kappa shape index (κ3) is 3.37. The predicted octanol–water partition coefficient (Wildman–Crippen LogP) is 4.28. The molecule has 0 aliphatic heterocycles. The van der Waals surface area contributed by atoms with Gasteiger partial charge < -0.3 is 4.42 Å². The normalized spacial score (nSPS) is 10.3. The first-order valence-electron chi connectivity index (χ1n) is 7.20. The highest BCUT2D eigenvalue weighted by atomic mass is 35.5. The topological polar surface area (TPSA) is 70.1 Å². The van der Waals surface area contributed by atoms with Crippen LogP contribution in [0.5, 0.6) is 0 Å². The molecule has 0 unspecified atom stereocenters. The van der Waals surface area contributed by atoms with Crippen molar-refractivity contribution in [2.75, 3.05) is 11.9 Å². The number of carbonyl (C=O) groups is 1. The number of oxazole rings is 1. The maximum Gasteiger partial charge on any atom is 0.260 e. The highest BCUT2D eigenvalue weighted by Crippen LogP contribution is 2.29. The molecule has 1 heterocycles. The molecule has 0 saturated heterocycles. The molecule has 0 aliphatic carbocycles. The highest BCUT2D eigenvalue weighted by Gasteiger charge is 2.23. The van der Waals surface area contributed by atoms with Gasteiger partial charge in [0, 0.05) is 23.2 Å². The standard InChI is InChI=1S/C18H11ClFN3O2/c1-23(17(24)12-4-8-14(20)9-5-12)18-15(10-21)22-16(25-18)11-2-6-13(19)7-3-11/h2-9H,1H3. The average molecular weight is 356 g/mol. The lowest BCUT2D eigenvalue weighted by atomic mass is 10.2. The van der Waals surface area contributed by atoms with Crippen LogP contribution < -0.4 is 4.90 Å². The Bertz CT molecular complexity index is 959. The fraction of sp³-hybridized carbons (Fsp3) is 0.0556. The zero-order valence-corrected chi connectivity index (χ0v) is 13.8. The molecule has 0 bridgehead atoms. The van der Waals surface area contributed by atoms with Gasteiger partial charge in [-0.25, -0.2) is 4.39 Å². The number of hydrogen-bond acceptors (Lipinski definition) is 4. The van der Waals surface area contributed by atoms with Gasteiger partial charge in [0.1, 0.15) is 11.9 Å². The van der Waals surface area contributed by atoms with Crippen LogP contribution in [-0.2, 0) is 0 Å². The van der Waals surface area contributed by atoms with Gasteiger partial charge in [-0.05, 0) is 48.5 Å². The van der Waals surface area contributed by atoms with E-state index in [1.165, 1.54) is 31.3 Å². The van der Waals surface area contributed by atoms with Crippen molar-refractivity contribution in [3.8, 4) is 17.5 Å². The second kappa shape index (κ2) is 6.75. The summed E-state index contributed by atoms with van der Waals surface area (Å²) < 4.78 is 18.6. The van der Waals surface area contributed by atoms with E-state index in [2.05, 4.69) is 4.98 Å². The molecule has 7 heteroatoms. The lowest BCUT2D eigenvalue weighted by Crippen LogP contribution is -2.26. The Kier molecular flexibility index (Phi) is 4.50. The molecule has 5 nitrogen and oxygen atoms in total. The third-order valence-electron chi connectivity index (χ3n) is 3.51. The predicted molar refractivity (Wildman–Crippen MR) is 90.8 cm³/mol. The van der Waals surface area contributed by atoms with E-state index in [0.717, 1.165) is 4.90 Å². The van der Waals surface area contributed by atoms with Crippen molar-refractivity contribution < 1.29 is 13.6 Å². The van der Waals surface area contributed by atoms with Crippen LogP contribution in [0.25, 0.3) is 11.5 Å². The number of amides is 1. The van der Waals surface area contributed by atoms with Crippen molar-refractivity contribution in [2.45, 2.75) is 0 Å². The van der Waals surface area contributed by atoms with Crippen LogP contribution in [0.4, 0.5) is 10.3 Å². The van der Waals surface area contributed by atoms with Gasteiger partial charge in [-0.2, -0.15) is 10.2 Å². The van der Waals surface area contributed by atoms with Gasteiger partial charge in [0.25, 0.3) is 5.91 Å². The molecule has 0 aliphatic rings. The average Bonchev–Trinajstić information content (AvgIpc) is 3.06. The van der Waals surface area contributed by atoms with E-state index >= 15 is 0 Å². The van der Waals surface area contributed by atoms with Crippen LogP contribution in [0, 0.1) is 17.1 Å². The van der Waals surface area contributed by atoms with Crippen LogP contribution in [0.2, 0.25) is 5.02 Å². The minimum atomic E-state index is -0.449. The van der Waals surface area contributed by atoms with E-state index in [1.54, 1.807) is 24.3 Å². The van der Waals surface area contributed by atoms with Crippen LogP contribution in [0.3, 0.4) is 0 Å². The van der Waals surface area contributed by atoms with Crippen molar-refractivity contribution in [1.29, 1.82) is 5.26 Å². The van der Waals surface area contributed by atoms with Crippen molar-refractivity contribution in [1.82, 2.24) is 4.98 Å². The lowest BCUT2D eigenvalue weighted by molar-refractivity contribution is 0.0989. The fourth-order valence-corrected chi connectivity index (χ4v) is 2.33. The number of halogens is 2. The minimum Gasteiger partial charge on any atom is -0.419 e. The summed E-state index contributed by atoms with van der Waals surface area (Å²) in [5.74, 6) is -0.680. The first-order valence-corrected chi connectivity index (χ1v) is 7.58. The Morgan fingerprint density at radius 1 is 1.20 bits per heavy atom. The summed E-state index contributed by atoms with van der Waals surface area (Å²) in [4.78, 5) is 17.8.